The molecular formula is C14H21N3O4. The smallest absolute Gasteiger partial charge is 0.340 e. The van der Waals surface area contributed by atoms with E-state index in [-0.39, 0.29) is 24.8 Å². The predicted octanol–water partition coefficient (Wildman–Crippen LogP) is 0.674. The molecule has 1 aromatic heterocycles. The van der Waals surface area contributed by atoms with Crippen molar-refractivity contribution in [1.29, 1.82) is 0 Å². The second-order valence-corrected chi connectivity index (χ2v) is 4.48. The molecule has 0 radical (unpaired) electrons. The van der Waals surface area contributed by atoms with Gasteiger partial charge in [0.1, 0.15) is 5.69 Å². The van der Waals surface area contributed by atoms with E-state index < -0.39 is 11.9 Å². The van der Waals surface area contributed by atoms with Crippen LogP contribution in [0.2, 0.25) is 0 Å². The van der Waals surface area contributed by atoms with Gasteiger partial charge < -0.3 is 20.4 Å². The summed E-state index contributed by atoms with van der Waals surface area (Å²) in [6.07, 6.45) is 0. The Balaban J connectivity index is 2.84. The summed E-state index contributed by atoms with van der Waals surface area (Å²) in [5, 5.41) is 5.08. The number of H-pyrrole nitrogens is 1. The number of ether oxygens (including phenoxy) is 1. The molecule has 21 heavy (non-hydrogen) atoms. The van der Waals surface area contributed by atoms with E-state index >= 15 is 0 Å². The lowest BCUT2D eigenvalue weighted by Gasteiger charge is -2.05. The summed E-state index contributed by atoms with van der Waals surface area (Å²) < 4.78 is 4.96. The van der Waals surface area contributed by atoms with Crippen LogP contribution in [0.3, 0.4) is 0 Å². The molecular weight excluding hydrogens is 274 g/mol. The Bertz CT molecular complexity index is 549. The third-order valence-corrected chi connectivity index (χ3v) is 2.93. The normalized spacial score (nSPS) is 10.1. The number of likely N-dealkylation sites (N-methyl/N-ethyl adjacent to an activating group) is 1. The molecule has 0 saturated heterocycles. The third kappa shape index (κ3) is 4.08. The summed E-state index contributed by atoms with van der Waals surface area (Å²) in [7, 11) is 0. The Hall–Kier alpha value is -2.31. The lowest BCUT2D eigenvalue weighted by atomic mass is 10.1. The van der Waals surface area contributed by atoms with Crippen LogP contribution < -0.4 is 10.6 Å². The van der Waals surface area contributed by atoms with Gasteiger partial charge in [0.25, 0.3) is 5.91 Å². The van der Waals surface area contributed by atoms with Crippen LogP contribution in [-0.4, -0.2) is 42.5 Å². The molecule has 0 aromatic carbocycles. The maximum absolute atomic E-state index is 12.0. The van der Waals surface area contributed by atoms with Crippen molar-refractivity contribution < 1.29 is 19.1 Å². The molecule has 1 aromatic rings. The molecule has 3 N–H and O–H groups in total. The number of nitrogens with one attached hydrogen (secondary N) is 3. The molecule has 0 bridgehead atoms. The van der Waals surface area contributed by atoms with Gasteiger partial charge in [-0.25, -0.2) is 4.79 Å². The van der Waals surface area contributed by atoms with Crippen molar-refractivity contribution in [2.75, 3.05) is 19.7 Å². The fourth-order valence-corrected chi connectivity index (χ4v) is 2.00. The van der Waals surface area contributed by atoms with Crippen molar-refractivity contribution in [3.63, 3.8) is 0 Å². The summed E-state index contributed by atoms with van der Waals surface area (Å²) in [5.74, 6) is -1.17. The molecule has 0 saturated carbocycles. The number of hydrogen-bond acceptors (Lipinski definition) is 4. The van der Waals surface area contributed by atoms with Gasteiger partial charge in [0.15, 0.2) is 0 Å². The Labute approximate surface area is 123 Å². The highest BCUT2D eigenvalue weighted by atomic mass is 16.5. The molecule has 7 heteroatoms. The van der Waals surface area contributed by atoms with Crippen LogP contribution in [0.15, 0.2) is 0 Å². The first-order valence-electron chi connectivity index (χ1n) is 6.83. The molecule has 0 aliphatic rings. The van der Waals surface area contributed by atoms with Gasteiger partial charge in [-0.2, -0.15) is 0 Å². The van der Waals surface area contributed by atoms with Gasteiger partial charge in [-0.15, -0.1) is 0 Å². The Morgan fingerprint density at radius 1 is 1.14 bits per heavy atom. The largest absolute Gasteiger partial charge is 0.462 e. The van der Waals surface area contributed by atoms with Crippen molar-refractivity contribution >= 4 is 17.8 Å². The number of rotatable bonds is 6. The van der Waals surface area contributed by atoms with E-state index in [1.807, 2.05) is 0 Å². The first kappa shape index (κ1) is 16.7. The van der Waals surface area contributed by atoms with Gasteiger partial charge in [0, 0.05) is 12.2 Å². The molecule has 7 nitrogen and oxygen atoms in total. The quantitative estimate of drug-likeness (QED) is 0.672. The number of aromatic amines is 1. The number of esters is 1. The number of aromatic nitrogens is 1. The van der Waals surface area contributed by atoms with E-state index in [2.05, 4.69) is 15.6 Å². The molecule has 0 spiro atoms. The van der Waals surface area contributed by atoms with E-state index in [0.717, 1.165) is 0 Å². The molecule has 0 fully saturated rings. The van der Waals surface area contributed by atoms with Crippen LogP contribution in [0.4, 0.5) is 0 Å². The van der Waals surface area contributed by atoms with Crippen molar-refractivity contribution in [2.24, 2.45) is 0 Å². The van der Waals surface area contributed by atoms with Crippen LogP contribution in [0.1, 0.15) is 46.0 Å². The fourth-order valence-electron chi connectivity index (χ4n) is 2.00. The van der Waals surface area contributed by atoms with Crippen LogP contribution in [0, 0.1) is 13.8 Å². The summed E-state index contributed by atoms with van der Waals surface area (Å²) in [5.41, 5.74) is 1.70. The zero-order valence-corrected chi connectivity index (χ0v) is 12.8. The number of amides is 2. The van der Waals surface area contributed by atoms with Gasteiger partial charge >= 0.3 is 5.97 Å². The zero-order chi connectivity index (χ0) is 16.0. The Kier molecular flexibility index (Phi) is 5.95. The van der Waals surface area contributed by atoms with Crippen molar-refractivity contribution in [3.05, 3.63) is 22.5 Å². The highest BCUT2D eigenvalue weighted by molar-refractivity contribution is 6.01. The average molecular weight is 295 g/mol. The second-order valence-electron chi connectivity index (χ2n) is 4.48. The van der Waals surface area contributed by atoms with E-state index in [0.29, 0.717) is 23.4 Å². The minimum Gasteiger partial charge on any atom is -0.462 e. The standard InChI is InChI=1S/C14H21N3O4/c1-5-15-10(18)7-16-13(19)12-8(3)11(9(4)17-12)14(20)21-6-2/h17H,5-7H2,1-4H3,(H,15,18)(H,16,19). The van der Waals surface area contributed by atoms with Crippen LogP contribution >= 0.6 is 0 Å². The number of aryl methyl sites for hydroxylation is 1. The zero-order valence-electron chi connectivity index (χ0n) is 12.8. The first-order valence-corrected chi connectivity index (χ1v) is 6.83. The highest BCUT2D eigenvalue weighted by Crippen LogP contribution is 2.18. The maximum Gasteiger partial charge on any atom is 0.340 e. The molecule has 116 valence electrons. The van der Waals surface area contributed by atoms with Gasteiger partial charge in [-0.3, -0.25) is 9.59 Å². The van der Waals surface area contributed by atoms with Crippen molar-refractivity contribution in [2.45, 2.75) is 27.7 Å². The molecule has 0 aliphatic carbocycles. The summed E-state index contributed by atoms with van der Waals surface area (Å²) in [6.45, 7) is 7.53. The van der Waals surface area contributed by atoms with Crippen LogP contribution in [-0.2, 0) is 9.53 Å². The Morgan fingerprint density at radius 3 is 2.38 bits per heavy atom. The second kappa shape index (κ2) is 7.47. The molecule has 0 unspecified atom stereocenters. The lowest BCUT2D eigenvalue weighted by Crippen LogP contribution is -2.37. The molecule has 2 amide bonds. The summed E-state index contributed by atoms with van der Waals surface area (Å²) in [6, 6.07) is 0. The third-order valence-electron chi connectivity index (χ3n) is 2.93. The minimum absolute atomic E-state index is 0.112. The number of carbonyl (C=O) groups excluding carboxylic acids is 3. The van der Waals surface area contributed by atoms with E-state index in [4.69, 9.17) is 4.74 Å². The molecule has 0 atom stereocenters. The molecule has 0 aliphatic heterocycles. The Morgan fingerprint density at radius 2 is 1.81 bits per heavy atom. The monoisotopic (exact) mass is 295 g/mol. The maximum atomic E-state index is 12.0. The lowest BCUT2D eigenvalue weighted by molar-refractivity contribution is -0.120. The van der Waals surface area contributed by atoms with Crippen molar-refractivity contribution in [1.82, 2.24) is 15.6 Å². The van der Waals surface area contributed by atoms with Gasteiger partial charge in [-0.05, 0) is 33.3 Å². The number of carbonyl (C=O) groups is 3. The van der Waals surface area contributed by atoms with E-state index in [9.17, 15) is 14.4 Å². The van der Waals surface area contributed by atoms with E-state index in [1.54, 1.807) is 27.7 Å². The van der Waals surface area contributed by atoms with Gasteiger partial charge in [-0.1, -0.05) is 0 Å². The van der Waals surface area contributed by atoms with Gasteiger partial charge in [0.2, 0.25) is 5.91 Å². The molecule has 1 rings (SSSR count). The SMILES string of the molecule is CCNC(=O)CNC(=O)c1[nH]c(C)c(C(=O)OCC)c1C. The minimum atomic E-state index is -0.466. The van der Waals surface area contributed by atoms with Crippen LogP contribution in [0.5, 0.6) is 0 Å². The summed E-state index contributed by atoms with van der Waals surface area (Å²) >= 11 is 0. The van der Waals surface area contributed by atoms with Crippen LogP contribution in [0.25, 0.3) is 0 Å². The highest BCUT2D eigenvalue weighted by Gasteiger charge is 2.22. The fraction of sp³-hybridized carbons (Fsp3) is 0.500. The average Bonchev–Trinajstić information content (AvgIpc) is 2.72. The van der Waals surface area contributed by atoms with Crippen molar-refractivity contribution in [3.8, 4) is 0 Å². The first-order chi connectivity index (χ1) is 9.92. The number of hydrogen-bond donors (Lipinski definition) is 3. The van der Waals surface area contributed by atoms with Gasteiger partial charge in [0.05, 0.1) is 18.7 Å². The predicted molar refractivity (Wildman–Crippen MR) is 77.2 cm³/mol. The molecule has 1 heterocycles. The topological polar surface area (TPSA) is 100 Å². The van der Waals surface area contributed by atoms with E-state index in [1.165, 1.54) is 0 Å². The summed E-state index contributed by atoms with van der Waals surface area (Å²) in [4.78, 5) is 38.1.